The molecule has 2 aromatic rings. The number of fused-ring (bicyclic) bond motifs is 3. The van der Waals surface area contributed by atoms with Crippen molar-refractivity contribution in [2.45, 2.75) is 95.6 Å². The lowest BCUT2D eigenvalue weighted by Crippen LogP contribution is -2.42. The number of hydrogen-bond donors (Lipinski definition) is 2. The Morgan fingerprint density at radius 2 is 2.06 bits per heavy atom. The van der Waals surface area contributed by atoms with Gasteiger partial charge in [0.25, 0.3) is 0 Å². The number of carbonyl (C=O) groups excluding carboxylic acids is 1. The Morgan fingerprint density at radius 3 is 2.75 bits per heavy atom. The molecule has 1 fully saturated rings. The second kappa shape index (κ2) is 9.20. The number of aliphatic hydroxyl groups is 1. The fourth-order valence-corrected chi connectivity index (χ4v) is 5.86. The van der Waals surface area contributed by atoms with Gasteiger partial charge in [-0.15, -0.1) is 11.3 Å². The molecule has 0 saturated heterocycles. The van der Waals surface area contributed by atoms with Crippen LogP contribution in [-0.4, -0.2) is 45.1 Å². The molecule has 0 radical (unpaired) electrons. The average Bonchev–Trinajstić information content (AvgIpc) is 3.28. The Balaban J connectivity index is 1.43. The SMILES string of the molecule is [C-]#[N+]C(O)C[C@H]1CCc2sc3ncnc(OC4CCC(NC(=O)OC(C)(C)C)CC4)c3c21. The lowest BCUT2D eigenvalue weighted by molar-refractivity contribution is 0.0470. The number of aryl methyl sites for hydroxylation is 1. The van der Waals surface area contributed by atoms with Crippen molar-refractivity contribution >= 4 is 27.6 Å². The molecule has 172 valence electrons. The quantitative estimate of drug-likeness (QED) is 0.637. The second-order valence-corrected chi connectivity index (χ2v) is 10.7. The number of amides is 1. The zero-order chi connectivity index (χ0) is 22.9. The van der Waals surface area contributed by atoms with Crippen molar-refractivity contribution in [3.05, 3.63) is 28.2 Å². The van der Waals surface area contributed by atoms with Gasteiger partial charge >= 0.3 is 12.3 Å². The molecule has 2 aromatic heterocycles. The van der Waals surface area contributed by atoms with Crippen LogP contribution in [0.25, 0.3) is 15.1 Å². The normalized spacial score (nSPS) is 23.9. The van der Waals surface area contributed by atoms with E-state index in [2.05, 4.69) is 20.1 Å². The van der Waals surface area contributed by atoms with Gasteiger partial charge < -0.3 is 19.9 Å². The van der Waals surface area contributed by atoms with Gasteiger partial charge in [-0.2, -0.15) is 0 Å². The molecule has 2 atom stereocenters. The van der Waals surface area contributed by atoms with Crippen molar-refractivity contribution in [2.24, 2.45) is 0 Å². The first-order valence-electron chi connectivity index (χ1n) is 11.2. The van der Waals surface area contributed by atoms with E-state index in [1.807, 2.05) is 20.8 Å². The summed E-state index contributed by atoms with van der Waals surface area (Å²) in [5, 5.41) is 13.8. The van der Waals surface area contributed by atoms with Crippen LogP contribution in [-0.2, 0) is 11.2 Å². The highest BCUT2D eigenvalue weighted by Crippen LogP contribution is 2.47. The molecule has 1 unspecified atom stereocenters. The molecule has 2 aliphatic rings. The molecule has 2 heterocycles. The number of rotatable bonds is 5. The molecule has 1 amide bonds. The zero-order valence-corrected chi connectivity index (χ0v) is 19.6. The summed E-state index contributed by atoms with van der Waals surface area (Å²) < 4.78 is 11.7. The molecule has 0 spiro atoms. The number of nitrogens with one attached hydrogen (secondary N) is 1. The van der Waals surface area contributed by atoms with Crippen molar-refractivity contribution in [1.82, 2.24) is 15.3 Å². The molecular formula is C23H30N4O4S. The first-order valence-corrected chi connectivity index (χ1v) is 12.0. The molecule has 9 heteroatoms. The molecule has 32 heavy (non-hydrogen) atoms. The van der Waals surface area contributed by atoms with Crippen LogP contribution in [0.2, 0.25) is 0 Å². The second-order valence-electron chi connectivity index (χ2n) is 9.62. The molecule has 2 aliphatic carbocycles. The van der Waals surface area contributed by atoms with Gasteiger partial charge in [0.1, 0.15) is 22.9 Å². The van der Waals surface area contributed by atoms with Gasteiger partial charge in [0, 0.05) is 10.9 Å². The van der Waals surface area contributed by atoms with Gasteiger partial charge in [0.05, 0.1) is 11.8 Å². The molecule has 4 rings (SSSR count). The fraction of sp³-hybridized carbons (Fsp3) is 0.652. The van der Waals surface area contributed by atoms with Crippen molar-refractivity contribution in [1.29, 1.82) is 0 Å². The van der Waals surface area contributed by atoms with E-state index < -0.39 is 11.8 Å². The van der Waals surface area contributed by atoms with Crippen molar-refractivity contribution in [3.8, 4) is 5.88 Å². The van der Waals surface area contributed by atoms with E-state index in [9.17, 15) is 9.90 Å². The summed E-state index contributed by atoms with van der Waals surface area (Å²) in [7, 11) is 0. The monoisotopic (exact) mass is 458 g/mol. The van der Waals surface area contributed by atoms with Crippen LogP contribution in [0.1, 0.15) is 75.7 Å². The number of hydrogen-bond acceptors (Lipinski definition) is 7. The number of alkyl carbamates (subject to hydrolysis) is 1. The highest BCUT2D eigenvalue weighted by atomic mass is 32.1. The molecule has 8 nitrogen and oxygen atoms in total. The third-order valence-electron chi connectivity index (χ3n) is 6.01. The number of carbonyl (C=O) groups is 1. The minimum absolute atomic E-state index is 0.0222. The minimum Gasteiger partial charge on any atom is -0.474 e. The summed E-state index contributed by atoms with van der Waals surface area (Å²) in [6, 6.07) is 0.0833. The fourth-order valence-electron chi connectivity index (χ4n) is 4.63. The number of ether oxygens (including phenoxy) is 2. The minimum atomic E-state index is -0.984. The van der Waals surface area contributed by atoms with E-state index >= 15 is 0 Å². The van der Waals surface area contributed by atoms with Crippen LogP contribution >= 0.6 is 11.3 Å². The highest BCUT2D eigenvalue weighted by Gasteiger charge is 2.33. The third kappa shape index (κ3) is 5.13. The highest BCUT2D eigenvalue weighted by molar-refractivity contribution is 7.19. The van der Waals surface area contributed by atoms with E-state index in [1.165, 1.54) is 4.88 Å². The van der Waals surface area contributed by atoms with Crippen LogP contribution in [0, 0.1) is 6.57 Å². The van der Waals surface area contributed by atoms with Crippen LogP contribution in [0.3, 0.4) is 0 Å². The Morgan fingerprint density at radius 1 is 1.31 bits per heavy atom. The summed E-state index contributed by atoms with van der Waals surface area (Å²) in [6.45, 7) is 12.7. The predicted octanol–water partition coefficient (Wildman–Crippen LogP) is 4.56. The lowest BCUT2D eigenvalue weighted by atomic mass is 9.93. The van der Waals surface area contributed by atoms with Gasteiger partial charge in [0.15, 0.2) is 0 Å². The maximum absolute atomic E-state index is 12.0. The first-order chi connectivity index (χ1) is 15.2. The van der Waals surface area contributed by atoms with Crippen LogP contribution < -0.4 is 10.1 Å². The van der Waals surface area contributed by atoms with Gasteiger partial charge in [0.2, 0.25) is 5.88 Å². The molecule has 0 bridgehead atoms. The van der Waals surface area contributed by atoms with E-state index in [4.69, 9.17) is 16.0 Å². The Bertz CT molecular complexity index is 1020. The summed E-state index contributed by atoms with van der Waals surface area (Å²) in [5.41, 5.74) is 0.648. The van der Waals surface area contributed by atoms with Gasteiger partial charge in [-0.05, 0) is 70.8 Å². The van der Waals surface area contributed by atoms with E-state index in [1.54, 1.807) is 17.7 Å². The first kappa shape index (κ1) is 22.7. The number of thiophene rings is 1. The summed E-state index contributed by atoms with van der Waals surface area (Å²) in [5.74, 6) is 0.727. The van der Waals surface area contributed by atoms with Crippen LogP contribution in [0.5, 0.6) is 5.88 Å². The number of nitrogens with zero attached hydrogens (tertiary/aromatic N) is 3. The van der Waals surface area contributed by atoms with Crippen LogP contribution in [0.15, 0.2) is 6.33 Å². The number of aliphatic hydroxyl groups excluding tert-OH is 1. The predicted molar refractivity (Wildman–Crippen MR) is 122 cm³/mol. The van der Waals surface area contributed by atoms with Crippen molar-refractivity contribution in [2.75, 3.05) is 0 Å². The third-order valence-corrected chi connectivity index (χ3v) is 7.19. The van der Waals surface area contributed by atoms with Gasteiger partial charge in [-0.1, -0.05) is 0 Å². The maximum atomic E-state index is 12.0. The number of aromatic nitrogens is 2. The average molecular weight is 459 g/mol. The molecular weight excluding hydrogens is 428 g/mol. The van der Waals surface area contributed by atoms with E-state index in [0.717, 1.165) is 54.3 Å². The van der Waals surface area contributed by atoms with Crippen LogP contribution in [0.4, 0.5) is 4.79 Å². The topological polar surface area (TPSA) is 97.9 Å². The molecule has 0 aliphatic heterocycles. The Kier molecular flexibility index (Phi) is 6.54. The van der Waals surface area contributed by atoms with Crippen molar-refractivity contribution < 1.29 is 19.4 Å². The lowest BCUT2D eigenvalue weighted by Gasteiger charge is -2.30. The maximum Gasteiger partial charge on any atom is 0.407 e. The van der Waals surface area contributed by atoms with Crippen molar-refractivity contribution in [3.63, 3.8) is 0 Å². The smallest absolute Gasteiger partial charge is 0.407 e. The summed E-state index contributed by atoms with van der Waals surface area (Å²) >= 11 is 1.66. The molecule has 0 aromatic carbocycles. The molecule has 2 N–H and O–H groups in total. The van der Waals surface area contributed by atoms with Gasteiger partial charge in [-0.3, -0.25) is 4.85 Å². The summed E-state index contributed by atoms with van der Waals surface area (Å²) in [6.07, 6.45) is 5.78. The van der Waals surface area contributed by atoms with Gasteiger partial charge in [-0.25, -0.2) is 21.3 Å². The Hall–Kier alpha value is -2.44. The standard InChI is InChI=1S/C23H30N4O4S/c1-23(2,3)31-22(29)27-14-6-8-15(9-7-14)30-20-19-18-13(11-17(28)24-4)5-10-16(18)32-21(19)26-12-25-20/h12-15,17,28H,5-11H2,1-3H3,(H,27,29)/t13-,14?,15?,17?/m1/s1. The van der Waals surface area contributed by atoms with E-state index in [-0.39, 0.29) is 24.2 Å². The largest absolute Gasteiger partial charge is 0.474 e. The van der Waals surface area contributed by atoms with E-state index in [0.29, 0.717) is 12.3 Å². The zero-order valence-electron chi connectivity index (χ0n) is 18.8. The Labute approximate surface area is 192 Å². The molecule has 1 saturated carbocycles. The summed E-state index contributed by atoms with van der Waals surface area (Å²) in [4.78, 5) is 26.4.